The summed E-state index contributed by atoms with van der Waals surface area (Å²) in [4.78, 5) is 4.03. The maximum atomic E-state index is 13.6. The molecule has 0 saturated carbocycles. The van der Waals surface area contributed by atoms with Gasteiger partial charge in [0, 0.05) is 23.7 Å². The van der Waals surface area contributed by atoms with Crippen molar-refractivity contribution in [2.45, 2.75) is 0 Å². The third-order valence-electron chi connectivity index (χ3n) is 3.56. The van der Waals surface area contributed by atoms with Gasteiger partial charge in [-0.05, 0) is 12.1 Å². The second-order valence-corrected chi connectivity index (χ2v) is 5.89. The molecule has 8 heteroatoms. The van der Waals surface area contributed by atoms with E-state index in [1.165, 1.54) is 25.4 Å². The second-order valence-electron chi connectivity index (χ2n) is 5.07. The Labute approximate surface area is 152 Å². The first kappa shape index (κ1) is 17.1. The van der Waals surface area contributed by atoms with Gasteiger partial charge < -0.3 is 15.2 Å². The fraction of sp³-hybridized carbons (Fsp3) is 0.0588. The number of anilines is 2. The van der Waals surface area contributed by atoms with Crippen LogP contribution in [0.2, 0.25) is 10.0 Å². The number of nitriles is 1. The molecular formula is C17H10Cl2FN3O2. The van der Waals surface area contributed by atoms with Crippen LogP contribution in [0, 0.1) is 17.1 Å². The normalized spacial score (nSPS) is 10.5. The van der Waals surface area contributed by atoms with Gasteiger partial charge in [-0.15, -0.1) is 0 Å². The highest BCUT2D eigenvalue weighted by molar-refractivity contribution is 6.37. The lowest BCUT2D eigenvalue weighted by molar-refractivity contribution is 0.415. The zero-order valence-electron chi connectivity index (χ0n) is 12.8. The van der Waals surface area contributed by atoms with Crippen LogP contribution in [0.5, 0.6) is 11.5 Å². The Morgan fingerprint density at radius 3 is 2.68 bits per heavy atom. The fourth-order valence-corrected chi connectivity index (χ4v) is 2.85. The molecule has 5 nitrogen and oxygen atoms in total. The Bertz CT molecular complexity index is 1030. The van der Waals surface area contributed by atoms with Gasteiger partial charge in [-0.2, -0.15) is 5.26 Å². The molecule has 0 bridgehead atoms. The Morgan fingerprint density at radius 1 is 1.24 bits per heavy atom. The molecule has 0 aliphatic rings. The highest BCUT2D eigenvalue weighted by Crippen LogP contribution is 2.38. The van der Waals surface area contributed by atoms with Crippen LogP contribution in [0.25, 0.3) is 10.9 Å². The zero-order valence-corrected chi connectivity index (χ0v) is 14.3. The smallest absolute Gasteiger partial charge is 0.166 e. The molecule has 1 heterocycles. The molecule has 1 aromatic heterocycles. The number of hydrogen-bond donors (Lipinski definition) is 2. The fourth-order valence-electron chi connectivity index (χ4n) is 2.34. The highest BCUT2D eigenvalue weighted by atomic mass is 35.5. The number of benzene rings is 2. The van der Waals surface area contributed by atoms with Gasteiger partial charge in [-0.25, -0.2) is 4.39 Å². The number of hydrogen-bond acceptors (Lipinski definition) is 5. The van der Waals surface area contributed by atoms with Crippen molar-refractivity contribution in [3.63, 3.8) is 0 Å². The lowest BCUT2D eigenvalue weighted by Gasteiger charge is -2.14. The SMILES string of the molecule is COc1cc(Nc2c(C#N)cnc3cc(F)c(O)cc23)c(Cl)cc1Cl. The largest absolute Gasteiger partial charge is 0.505 e. The van der Waals surface area contributed by atoms with E-state index in [9.17, 15) is 14.8 Å². The number of ether oxygens (including phenoxy) is 1. The Morgan fingerprint density at radius 2 is 2.00 bits per heavy atom. The van der Waals surface area contributed by atoms with Crippen LogP contribution in [0.4, 0.5) is 15.8 Å². The van der Waals surface area contributed by atoms with Gasteiger partial charge in [0.15, 0.2) is 11.6 Å². The first-order valence-corrected chi connectivity index (χ1v) is 7.71. The number of halogens is 3. The van der Waals surface area contributed by atoms with E-state index in [1.807, 2.05) is 6.07 Å². The minimum Gasteiger partial charge on any atom is -0.505 e. The average Bonchev–Trinajstić information content (AvgIpc) is 2.58. The van der Waals surface area contributed by atoms with Gasteiger partial charge in [-0.3, -0.25) is 4.98 Å². The summed E-state index contributed by atoms with van der Waals surface area (Å²) >= 11 is 12.2. The molecule has 0 fully saturated rings. The molecule has 0 saturated heterocycles. The average molecular weight is 378 g/mol. The van der Waals surface area contributed by atoms with Gasteiger partial charge in [-0.1, -0.05) is 23.2 Å². The van der Waals surface area contributed by atoms with Crippen molar-refractivity contribution in [2.75, 3.05) is 12.4 Å². The van der Waals surface area contributed by atoms with Crippen LogP contribution >= 0.6 is 23.2 Å². The van der Waals surface area contributed by atoms with Crippen molar-refractivity contribution in [3.05, 3.63) is 51.9 Å². The van der Waals surface area contributed by atoms with Gasteiger partial charge in [0.05, 0.1) is 39.6 Å². The molecule has 0 atom stereocenters. The Balaban J connectivity index is 2.22. The molecule has 3 aromatic rings. The zero-order chi connectivity index (χ0) is 18.1. The van der Waals surface area contributed by atoms with Crippen molar-refractivity contribution in [3.8, 4) is 17.6 Å². The van der Waals surface area contributed by atoms with Crippen LogP contribution < -0.4 is 10.1 Å². The van der Waals surface area contributed by atoms with E-state index in [0.717, 1.165) is 6.07 Å². The number of aromatic nitrogens is 1. The van der Waals surface area contributed by atoms with Gasteiger partial charge in [0.25, 0.3) is 0 Å². The molecule has 2 N–H and O–H groups in total. The van der Waals surface area contributed by atoms with Gasteiger partial charge in [0.2, 0.25) is 0 Å². The van der Waals surface area contributed by atoms with Crippen LogP contribution in [0.1, 0.15) is 5.56 Å². The molecule has 0 aliphatic heterocycles. The van der Waals surface area contributed by atoms with E-state index in [4.69, 9.17) is 27.9 Å². The van der Waals surface area contributed by atoms with E-state index >= 15 is 0 Å². The molecule has 0 spiro atoms. The van der Waals surface area contributed by atoms with Crippen LogP contribution in [0.15, 0.2) is 30.5 Å². The predicted octanol–water partition coefficient (Wildman–Crippen LogP) is 5.01. The number of pyridine rings is 1. The first-order valence-electron chi connectivity index (χ1n) is 6.96. The maximum Gasteiger partial charge on any atom is 0.166 e. The van der Waals surface area contributed by atoms with Crippen molar-refractivity contribution in [2.24, 2.45) is 0 Å². The van der Waals surface area contributed by atoms with E-state index in [2.05, 4.69) is 10.3 Å². The molecule has 3 rings (SSSR count). The number of rotatable bonds is 3. The summed E-state index contributed by atoms with van der Waals surface area (Å²) < 4.78 is 18.7. The molecule has 126 valence electrons. The van der Waals surface area contributed by atoms with Crippen LogP contribution in [-0.4, -0.2) is 17.2 Å². The predicted molar refractivity (Wildman–Crippen MR) is 94.4 cm³/mol. The summed E-state index contributed by atoms with van der Waals surface area (Å²) in [6.07, 6.45) is 1.31. The number of nitrogens with one attached hydrogen (secondary N) is 1. The number of phenols is 1. The maximum absolute atomic E-state index is 13.6. The van der Waals surface area contributed by atoms with Gasteiger partial charge >= 0.3 is 0 Å². The molecule has 0 amide bonds. The summed E-state index contributed by atoms with van der Waals surface area (Å²) in [6.45, 7) is 0. The Hall–Kier alpha value is -2.75. The van der Waals surface area contributed by atoms with Crippen LogP contribution in [0.3, 0.4) is 0 Å². The topological polar surface area (TPSA) is 78.2 Å². The Kier molecular flexibility index (Phi) is 4.53. The quantitative estimate of drug-likeness (QED) is 0.670. The van der Waals surface area contributed by atoms with Crippen molar-refractivity contribution < 1.29 is 14.2 Å². The van der Waals surface area contributed by atoms with Crippen molar-refractivity contribution >= 4 is 45.5 Å². The number of nitrogens with zero attached hydrogens (tertiary/aromatic N) is 2. The number of phenolic OH excluding ortho intramolecular Hbond substituents is 1. The molecule has 25 heavy (non-hydrogen) atoms. The number of methoxy groups -OCH3 is 1. The van der Waals surface area contributed by atoms with E-state index in [1.54, 1.807) is 6.07 Å². The molecular weight excluding hydrogens is 368 g/mol. The van der Waals surface area contributed by atoms with Crippen molar-refractivity contribution in [1.82, 2.24) is 4.98 Å². The molecule has 0 unspecified atom stereocenters. The first-order chi connectivity index (χ1) is 11.9. The van der Waals surface area contributed by atoms with E-state index in [-0.39, 0.29) is 11.1 Å². The van der Waals surface area contributed by atoms with Gasteiger partial charge in [0.1, 0.15) is 11.8 Å². The summed E-state index contributed by atoms with van der Waals surface area (Å²) in [5.41, 5.74) is 1.22. The minimum atomic E-state index is -0.804. The summed E-state index contributed by atoms with van der Waals surface area (Å²) in [6, 6.07) is 7.35. The highest BCUT2D eigenvalue weighted by Gasteiger charge is 2.15. The third-order valence-corrected chi connectivity index (χ3v) is 4.17. The van der Waals surface area contributed by atoms with Crippen molar-refractivity contribution in [1.29, 1.82) is 5.26 Å². The summed E-state index contributed by atoms with van der Waals surface area (Å²) in [5, 5.41) is 23.0. The molecule has 0 radical (unpaired) electrons. The number of fused-ring (bicyclic) bond motifs is 1. The third kappa shape index (κ3) is 3.12. The van der Waals surface area contributed by atoms with E-state index < -0.39 is 11.6 Å². The summed E-state index contributed by atoms with van der Waals surface area (Å²) in [7, 11) is 1.46. The summed E-state index contributed by atoms with van der Waals surface area (Å²) in [5.74, 6) is -0.964. The lowest BCUT2D eigenvalue weighted by Crippen LogP contribution is -1.99. The van der Waals surface area contributed by atoms with Crippen LogP contribution in [-0.2, 0) is 0 Å². The lowest BCUT2D eigenvalue weighted by atomic mass is 10.1. The molecule has 2 aromatic carbocycles. The standard InChI is InChI=1S/C17H10Cl2FN3O2/c1-25-16-5-14(10(18)3-11(16)19)23-17-8(6-21)7-22-13-4-12(20)15(24)2-9(13)17/h2-5,7,24H,1H3,(H,22,23). The van der Waals surface area contributed by atoms with E-state index in [0.29, 0.717) is 32.6 Å². The minimum absolute atomic E-state index is 0.198. The monoisotopic (exact) mass is 377 g/mol. The molecule has 0 aliphatic carbocycles. The second kappa shape index (κ2) is 6.63. The number of aromatic hydroxyl groups is 1.